The standard InChI is InChI=1S/C19H22N4O2/c1-12-6-4-8-23(11-12)19-20-10-15(18-13(2)14(3)22-25-18)17(21-19)16-7-5-9-24-16/h5,7,9-10,12H,4,6,8,11H2,1-3H3. The largest absolute Gasteiger partial charge is 0.463 e. The number of piperidine rings is 1. The van der Waals surface area contributed by atoms with Gasteiger partial charge in [0.05, 0.1) is 17.5 Å². The summed E-state index contributed by atoms with van der Waals surface area (Å²) in [5, 5.41) is 4.07. The van der Waals surface area contributed by atoms with Gasteiger partial charge in [-0.2, -0.15) is 0 Å². The molecule has 4 heterocycles. The molecule has 0 spiro atoms. The maximum Gasteiger partial charge on any atom is 0.226 e. The zero-order chi connectivity index (χ0) is 17.4. The van der Waals surface area contributed by atoms with Crippen LogP contribution in [0.4, 0.5) is 5.95 Å². The number of rotatable bonds is 3. The summed E-state index contributed by atoms with van der Waals surface area (Å²) >= 11 is 0. The van der Waals surface area contributed by atoms with Crippen LogP contribution in [0.2, 0.25) is 0 Å². The molecule has 25 heavy (non-hydrogen) atoms. The van der Waals surface area contributed by atoms with E-state index in [0.717, 1.165) is 41.6 Å². The lowest BCUT2D eigenvalue weighted by Crippen LogP contribution is -2.35. The minimum atomic E-state index is 0.656. The van der Waals surface area contributed by atoms with Gasteiger partial charge in [0.1, 0.15) is 5.69 Å². The molecule has 0 N–H and O–H groups in total. The van der Waals surface area contributed by atoms with E-state index in [4.69, 9.17) is 13.9 Å². The van der Waals surface area contributed by atoms with E-state index in [2.05, 4.69) is 22.0 Å². The zero-order valence-electron chi connectivity index (χ0n) is 14.8. The Bertz CT molecular complexity index is 870. The van der Waals surface area contributed by atoms with Crippen LogP contribution < -0.4 is 4.90 Å². The molecule has 1 saturated heterocycles. The Balaban J connectivity index is 1.81. The smallest absolute Gasteiger partial charge is 0.226 e. The van der Waals surface area contributed by atoms with Crippen LogP contribution in [0.1, 0.15) is 31.0 Å². The lowest BCUT2D eigenvalue weighted by atomic mass is 10.0. The van der Waals surface area contributed by atoms with Crippen molar-refractivity contribution in [2.45, 2.75) is 33.6 Å². The van der Waals surface area contributed by atoms with E-state index in [1.165, 1.54) is 12.8 Å². The Labute approximate surface area is 146 Å². The van der Waals surface area contributed by atoms with Gasteiger partial charge in [-0.1, -0.05) is 12.1 Å². The molecule has 3 aromatic rings. The first kappa shape index (κ1) is 15.9. The van der Waals surface area contributed by atoms with Gasteiger partial charge in [-0.05, 0) is 44.7 Å². The van der Waals surface area contributed by atoms with Crippen molar-refractivity contribution in [3.05, 3.63) is 35.9 Å². The highest BCUT2D eigenvalue weighted by Gasteiger charge is 2.23. The van der Waals surface area contributed by atoms with Crippen molar-refractivity contribution in [2.24, 2.45) is 5.92 Å². The highest BCUT2D eigenvalue weighted by atomic mass is 16.5. The summed E-state index contributed by atoms with van der Waals surface area (Å²) in [5.41, 5.74) is 3.42. The molecule has 3 aromatic heterocycles. The van der Waals surface area contributed by atoms with Gasteiger partial charge < -0.3 is 13.8 Å². The quantitative estimate of drug-likeness (QED) is 0.711. The third-order valence-corrected chi connectivity index (χ3v) is 4.87. The molecule has 1 fully saturated rings. The lowest BCUT2D eigenvalue weighted by Gasteiger charge is -2.31. The second-order valence-corrected chi connectivity index (χ2v) is 6.83. The lowest BCUT2D eigenvalue weighted by molar-refractivity contribution is 0.426. The Morgan fingerprint density at radius 1 is 1.28 bits per heavy atom. The molecule has 1 atom stereocenters. The number of aryl methyl sites for hydroxylation is 1. The molecule has 6 heteroatoms. The number of hydrogen-bond acceptors (Lipinski definition) is 6. The summed E-state index contributed by atoms with van der Waals surface area (Å²) in [6.07, 6.45) is 5.91. The fourth-order valence-corrected chi connectivity index (χ4v) is 3.33. The fourth-order valence-electron chi connectivity index (χ4n) is 3.33. The third kappa shape index (κ3) is 2.92. The number of anilines is 1. The highest BCUT2D eigenvalue weighted by molar-refractivity contribution is 5.77. The number of aromatic nitrogens is 3. The maximum atomic E-state index is 5.62. The summed E-state index contributed by atoms with van der Waals surface area (Å²) < 4.78 is 11.2. The maximum absolute atomic E-state index is 5.62. The summed E-state index contributed by atoms with van der Waals surface area (Å²) in [7, 11) is 0. The van der Waals surface area contributed by atoms with Crippen molar-refractivity contribution in [1.29, 1.82) is 0 Å². The van der Waals surface area contributed by atoms with Crippen LogP contribution >= 0.6 is 0 Å². The van der Waals surface area contributed by atoms with Crippen LogP contribution in [0.15, 0.2) is 33.5 Å². The van der Waals surface area contributed by atoms with Crippen molar-refractivity contribution in [2.75, 3.05) is 18.0 Å². The van der Waals surface area contributed by atoms with Gasteiger partial charge in [0.15, 0.2) is 11.5 Å². The molecule has 130 valence electrons. The number of hydrogen-bond donors (Lipinski definition) is 0. The Kier molecular flexibility index (Phi) is 4.03. The number of furan rings is 1. The predicted octanol–water partition coefficient (Wildman–Crippen LogP) is 4.24. The molecule has 0 aromatic carbocycles. The molecule has 1 aliphatic heterocycles. The van der Waals surface area contributed by atoms with E-state index in [1.54, 1.807) is 6.26 Å². The second-order valence-electron chi connectivity index (χ2n) is 6.83. The van der Waals surface area contributed by atoms with Gasteiger partial charge in [-0.25, -0.2) is 9.97 Å². The van der Waals surface area contributed by atoms with E-state index < -0.39 is 0 Å². The minimum Gasteiger partial charge on any atom is -0.463 e. The first-order chi connectivity index (χ1) is 12.1. The fraction of sp³-hybridized carbons (Fsp3) is 0.421. The summed E-state index contributed by atoms with van der Waals surface area (Å²) in [6, 6.07) is 3.77. The first-order valence-corrected chi connectivity index (χ1v) is 8.72. The van der Waals surface area contributed by atoms with Gasteiger partial charge in [0.25, 0.3) is 0 Å². The van der Waals surface area contributed by atoms with Gasteiger partial charge >= 0.3 is 0 Å². The molecule has 0 radical (unpaired) electrons. The average Bonchev–Trinajstić information content (AvgIpc) is 3.26. The van der Waals surface area contributed by atoms with Gasteiger partial charge in [-0.15, -0.1) is 0 Å². The van der Waals surface area contributed by atoms with Crippen molar-refractivity contribution < 1.29 is 8.94 Å². The van der Waals surface area contributed by atoms with Gasteiger partial charge in [-0.3, -0.25) is 0 Å². The molecular formula is C19H22N4O2. The summed E-state index contributed by atoms with van der Waals surface area (Å²) in [4.78, 5) is 11.7. The third-order valence-electron chi connectivity index (χ3n) is 4.87. The monoisotopic (exact) mass is 338 g/mol. The van der Waals surface area contributed by atoms with Crippen molar-refractivity contribution >= 4 is 5.95 Å². The molecular weight excluding hydrogens is 316 g/mol. The van der Waals surface area contributed by atoms with Crippen molar-refractivity contribution in [1.82, 2.24) is 15.1 Å². The molecule has 1 aliphatic rings. The minimum absolute atomic E-state index is 0.656. The SMILES string of the molecule is Cc1noc(-c2cnc(N3CCCC(C)C3)nc2-c2ccco2)c1C. The van der Waals surface area contributed by atoms with E-state index >= 15 is 0 Å². The molecule has 0 bridgehead atoms. The molecule has 4 rings (SSSR count). The molecule has 0 aliphatic carbocycles. The van der Waals surface area contributed by atoms with Crippen LogP contribution in [-0.4, -0.2) is 28.2 Å². The average molecular weight is 338 g/mol. The van der Waals surface area contributed by atoms with Crippen LogP contribution in [-0.2, 0) is 0 Å². The Morgan fingerprint density at radius 2 is 2.16 bits per heavy atom. The molecule has 1 unspecified atom stereocenters. The Morgan fingerprint density at radius 3 is 2.84 bits per heavy atom. The Hall–Kier alpha value is -2.63. The van der Waals surface area contributed by atoms with E-state index in [0.29, 0.717) is 17.4 Å². The van der Waals surface area contributed by atoms with Gasteiger partial charge in [0.2, 0.25) is 5.95 Å². The van der Waals surface area contributed by atoms with Crippen LogP contribution in [0.3, 0.4) is 0 Å². The van der Waals surface area contributed by atoms with E-state index in [1.807, 2.05) is 32.2 Å². The predicted molar refractivity (Wildman–Crippen MR) is 95.3 cm³/mol. The first-order valence-electron chi connectivity index (χ1n) is 8.72. The zero-order valence-corrected chi connectivity index (χ0v) is 14.8. The number of nitrogens with zero attached hydrogens (tertiary/aromatic N) is 4. The van der Waals surface area contributed by atoms with E-state index in [9.17, 15) is 0 Å². The highest BCUT2D eigenvalue weighted by Crippen LogP contribution is 2.34. The van der Waals surface area contributed by atoms with Crippen LogP contribution in [0.5, 0.6) is 0 Å². The van der Waals surface area contributed by atoms with Crippen LogP contribution in [0, 0.1) is 19.8 Å². The molecule has 0 amide bonds. The second kappa shape index (κ2) is 6.35. The summed E-state index contributed by atoms with van der Waals surface area (Å²) in [6.45, 7) is 8.17. The topological polar surface area (TPSA) is 68.2 Å². The molecule has 6 nitrogen and oxygen atoms in total. The molecule has 0 saturated carbocycles. The van der Waals surface area contributed by atoms with Crippen molar-refractivity contribution in [3.63, 3.8) is 0 Å². The summed E-state index contributed by atoms with van der Waals surface area (Å²) in [5.74, 6) is 2.80. The van der Waals surface area contributed by atoms with E-state index in [-0.39, 0.29) is 0 Å². The van der Waals surface area contributed by atoms with Crippen LogP contribution in [0.25, 0.3) is 22.8 Å². The van der Waals surface area contributed by atoms with Crippen molar-refractivity contribution in [3.8, 4) is 22.8 Å². The normalized spacial score (nSPS) is 17.9. The van der Waals surface area contributed by atoms with Gasteiger partial charge in [0, 0.05) is 24.8 Å².